The fraction of sp³-hybridized carbons (Fsp3) is 0.429. The second kappa shape index (κ2) is 5.47. The molecule has 0 bridgehead atoms. The SMILES string of the molecule is N=C(N)CCCC(=O)C1CC1c1cccc(F)c1F. The second-order valence-electron chi connectivity index (χ2n) is 4.94. The van der Waals surface area contributed by atoms with Crippen molar-refractivity contribution in [1.29, 1.82) is 5.41 Å². The van der Waals surface area contributed by atoms with Crippen LogP contribution in [0.2, 0.25) is 0 Å². The number of hydrogen-bond acceptors (Lipinski definition) is 2. The third kappa shape index (κ3) is 3.16. The quantitative estimate of drug-likeness (QED) is 0.614. The number of rotatable bonds is 6. The summed E-state index contributed by atoms with van der Waals surface area (Å²) >= 11 is 0. The van der Waals surface area contributed by atoms with Gasteiger partial charge in [-0.2, -0.15) is 0 Å². The van der Waals surface area contributed by atoms with Crippen molar-refractivity contribution < 1.29 is 13.6 Å². The van der Waals surface area contributed by atoms with Crippen molar-refractivity contribution in [2.24, 2.45) is 11.7 Å². The standard InChI is InChI=1S/C14H16F2N2O/c15-11-4-1-3-8(14(11)16)9-7-10(9)12(19)5-2-6-13(17)18/h1,3-4,9-10H,2,5-7H2,(H3,17,18). The molecule has 2 atom stereocenters. The molecule has 0 saturated heterocycles. The van der Waals surface area contributed by atoms with Crippen LogP contribution in [0.3, 0.4) is 0 Å². The number of nitrogens with two attached hydrogens (primary N) is 1. The van der Waals surface area contributed by atoms with Crippen molar-refractivity contribution >= 4 is 11.6 Å². The maximum absolute atomic E-state index is 13.6. The summed E-state index contributed by atoms with van der Waals surface area (Å²) in [5.74, 6) is -1.99. The molecule has 1 aromatic carbocycles. The van der Waals surface area contributed by atoms with Crippen LogP contribution in [0.5, 0.6) is 0 Å². The molecule has 0 amide bonds. The van der Waals surface area contributed by atoms with Crippen LogP contribution >= 0.6 is 0 Å². The van der Waals surface area contributed by atoms with Crippen molar-refractivity contribution in [3.05, 3.63) is 35.4 Å². The fourth-order valence-corrected chi connectivity index (χ4v) is 2.34. The van der Waals surface area contributed by atoms with Gasteiger partial charge in [-0.3, -0.25) is 10.2 Å². The van der Waals surface area contributed by atoms with Crippen LogP contribution in [0, 0.1) is 23.0 Å². The molecule has 2 rings (SSSR count). The molecule has 1 aliphatic rings. The Kier molecular flexibility index (Phi) is 3.93. The highest BCUT2D eigenvalue weighted by Crippen LogP contribution is 2.49. The number of halogens is 2. The summed E-state index contributed by atoms with van der Waals surface area (Å²) in [6.07, 6.45) is 1.87. The van der Waals surface area contributed by atoms with Crippen molar-refractivity contribution in [1.82, 2.24) is 0 Å². The van der Waals surface area contributed by atoms with E-state index in [1.807, 2.05) is 0 Å². The Morgan fingerprint density at radius 1 is 1.37 bits per heavy atom. The van der Waals surface area contributed by atoms with E-state index >= 15 is 0 Å². The molecule has 0 aliphatic heterocycles. The zero-order valence-corrected chi connectivity index (χ0v) is 10.5. The van der Waals surface area contributed by atoms with Gasteiger partial charge in [-0.25, -0.2) is 8.78 Å². The summed E-state index contributed by atoms with van der Waals surface area (Å²) in [5, 5.41) is 7.06. The Labute approximate surface area is 110 Å². The van der Waals surface area contributed by atoms with Crippen LogP contribution in [-0.2, 0) is 4.79 Å². The van der Waals surface area contributed by atoms with Gasteiger partial charge in [0.1, 0.15) is 5.78 Å². The smallest absolute Gasteiger partial charge is 0.162 e. The minimum Gasteiger partial charge on any atom is -0.388 e. The topological polar surface area (TPSA) is 66.9 Å². The summed E-state index contributed by atoms with van der Waals surface area (Å²) in [4.78, 5) is 11.8. The van der Waals surface area contributed by atoms with Gasteiger partial charge in [-0.05, 0) is 30.4 Å². The van der Waals surface area contributed by atoms with E-state index in [1.165, 1.54) is 12.1 Å². The number of hydrogen-bond donors (Lipinski definition) is 2. The van der Waals surface area contributed by atoms with Crippen LogP contribution in [0.1, 0.15) is 37.2 Å². The van der Waals surface area contributed by atoms with E-state index < -0.39 is 11.6 Å². The van der Waals surface area contributed by atoms with Gasteiger partial charge >= 0.3 is 0 Å². The molecule has 0 heterocycles. The molecule has 19 heavy (non-hydrogen) atoms. The highest BCUT2D eigenvalue weighted by molar-refractivity contribution is 5.85. The van der Waals surface area contributed by atoms with Crippen LogP contribution in [0.25, 0.3) is 0 Å². The van der Waals surface area contributed by atoms with Crippen molar-refractivity contribution in [3.63, 3.8) is 0 Å². The largest absolute Gasteiger partial charge is 0.388 e. The van der Waals surface area contributed by atoms with Gasteiger partial charge in [0.2, 0.25) is 0 Å². The van der Waals surface area contributed by atoms with E-state index in [2.05, 4.69) is 0 Å². The Balaban J connectivity index is 1.91. The second-order valence-corrected chi connectivity index (χ2v) is 4.94. The van der Waals surface area contributed by atoms with Crippen LogP contribution in [0.4, 0.5) is 8.78 Å². The molecular formula is C14H16F2N2O. The normalized spacial score (nSPS) is 21.2. The Bertz CT molecular complexity index is 516. The fourth-order valence-electron chi connectivity index (χ4n) is 2.34. The monoisotopic (exact) mass is 266 g/mol. The van der Waals surface area contributed by atoms with Gasteiger partial charge in [0.15, 0.2) is 11.6 Å². The third-order valence-electron chi connectivity index (χ3n) is 3.45. The van der Waals surface area contributed by atoms with Crippen LogP contribution in [-0.4, -0.2) is 11.6 Å². The first-order valence-corrected chi connectivity index (χ1v) is 6.30. The third-order valence-corrected chi connectivity index (χ3v) is 3.45. The molecule has 3 N–H and O–H groups in total. The number of amidine groups is 1. The Hall–Kier alpha value is -1.78. The van der Waals surface area contributed by atoms with Gasteiger partial charge in [0.25, 0.3) is 0 Å². The predicted octanol–water partition coefficient (Wildman–Crippen LogP) is 2.74. The van der Waals surface area contributed by atoms with Gasteiger partial charge in [0.05, 0.1) is 5.84 Å². The molecule has 1 aromatic rings. The zero-order chi connectivity index (χ0) is 14.0. The number of Topliss-reactive ketones (excluding diaryl/α,β-unsaturated/α-hetero) is 1. The van der Waals surface area contributed by atoms with Crippen molar-refractivity contribution in [2.45, 2.75) is 31.6 Å². The van der Waals surface area contributed by atoms with Crippen molar-refractivity contribution in [2.75, 3.05) is 0 Å². The lowest BCUT2D eigenvalue weighted by molar-refractivity contribution is -0.120. The Morgan fingerprint density at radius 2 is 2.11 bits per heavy atom. The molecule has 2 unspecified atom stereocenters. The average Bonchev–Trinajstić information content (AvgIpc) is 3.12. The average molecular weight is 266 g/mol. The lowest BCUT2D eigenvalue weighted by Gasteiger charge is -2.03. The lowest BCUT2D eigenvalue weighted by Crippen LogP contribution is -2.10. The van der Waals surface area contributed by atoms with Gasteiger partial charge in [-0.15, -0.1) is 0 Å². The predicted molar refractivity (Wildman–Crippen MR) is 68.0 cm³/mol. The number of carbonyl (C=O) groups is 1. The number of nitrogens with one attached hydrogen (secondary N) is 1. The van der Waals surface area contributed by atoms with E-state index in [-0.39, 0.29) is 23.5 Å². The van der Waals surface area contributed by atoms with E-state index in [1.54, 1.807) is 0 Å². The zero-order valence-electron chi connectivity index (χ0n) is 10.5. The van der Waals surface area contributed by atoms with Gasteiger partial charge < -0.3 is 5.73 Å². The molecule has 1 saturated carbocycles. The minimum atomic E-state index is -0.868. The van der Waals surface area contributed by atoms with Crippen LogP contribution in [0.15, 0.2) is 18.2 Å². The first kappa shape index (κ1) is 13.6. The van der Waals surface area contributed by atoms with E-state index in [0.717, 1.165) is 6.07 Å². The number of benzene rings is 1. The minimum absolute atomic E-state index is 0.0508. The highest BCUT2D eigenvalue weighted by atomic mass is 19.2. The van der Waals surface area contributed by atoms with E-state index in [0.29, 0.717) is 31.2 Å². The molecule has 5 heteroatoms. The molecule has 0 spiro atoms. The number of carbonyl (C=O) groups excluding carboxylic acids is 1. The lowest BCUT2D eigenvalue weighted by atomic mass is 10.0. The first-order chi connectivity index (χ1) is 9.00. The van der Waals surface area contributed by atoms with E-state index in [4.69, 9.17) is 11.1 Å². The van der Waals surface area contributed by atoms with Crippen molar-refractivity contribution in [3.8, 4) is 0 Å². The molecule has 3 nitrogen and oxygen atoms in total. The van der Waals surface area contributed by atoms with Gasteiger partial charge in [0, 0.05) is 18.8 Å². The summed E-state index contributed by atoms with van der Waals surface area (Å²) < 4.78 is 26.6. The molecule has 0 aromatic heterocycles. The highest BCUT2D eigenvalue weighted by Gasteiger charge is 2.44. The first-order valence-electron chi connectivity index (χ1n) is 6.30. The number of ketones is 1. The summed E-state index contributed by atoms with van der Waals surface area (Å²) in [5.41, 5.74) is 5.50. The molecule has 1 aliphatic carbocycles. The van der Waals surface area contributed by atoms with Crippen LogP contribution < -0.4 is 5.73 Å². The molecular weight excluding hydrogens is 250 g/mol. The molecule has 102 valence electrons. The molecule has 1 fully saturated rings. The van der Waals surface area contributed by atoms with Gasteiger partial charge in [-0.1, -0.05) is 12.1 Å². The summed E-state index contributed by atoms with van der Waals surface area (Å²) in [6, 6.07) is 4.07. The summed E-state index contributed by atoms with van der Waals surface area (Å²) in [7, 11) is 0. The molecule has 0 radical (unpaired) electrons. The van der Waals surface area contributed by atoms with E-state index in [9.17, 15) is 13.6 Å². The maximum atomic E-state index is 13.6. The summed E-state index contributed by atoms with van der Waals surface area (Å²) in [6.45, 7) is 0. The maximum Gasteiger partial charge on any atom is 0.162 e. The Morgan fingerprint density at radius 3 is 2.79 bits per heavy atom.